The van der Waals surface area contributed by atoms with Crippen LogP contribution < -0.4 is 0 Å². The maximum atomic E-state index is 12.9. The van der Waals surface area contributed by atoms with E-state index in [2.05, 4.69) is 86.8 Å². The first-order chi connectivity index (χ1) is 32.1. The molecule has 0 aromatic rings. The van der Waals surface area contributed by atoms with Crippen LogP contribution in [0.25, 0.3) is 0 Å². The Morgan fingerprint density at radius 2 is 0.985 bits per heavy atom. The highest BCUT2D eigenvalue weighted by molar-refractivity contribution is 5.69. The second kappa shape index (κ2) is 39.3. The van der Waals surface area contributed by atoms with Gasteiger partial charge in [-0.25, -0.2) is 0 Å². The van der Waals surface area contributed by atoms with Gasteiger partial charge in [0.15, 0.2) is 12.6 Å². The van der Waals surface area contributed by atoms with Crippen LogP contribution in [0.2, 0.25) is 0 Å². The number of aliphatic hydroxyl groups is 7. The third-order valence-corrected chi connectivity index (χ3v) is 11.5. The first-order valence-electron chi connectivity index (χ1n) is 25.0. The monoisotopic (exact) mass is 937 g/mol. The lowest BCUT2D eigenvalue weighted by molar-refractivity contribution is -0.332. The van der Waals surface area contributed by atoms with E-state index in [-0.39, 0.29) is 19.6 Å². The van der Waals surface area contributed by atoms with E-state index >= 15 is 0 Å². The van der Waals surface area contributed by atoms with Crippen LogP contribution in [0.1, 0.15) is 149 Å². The van der Waals surface area contributed by atoms with Crippen molar-refractivity contribution >= 4 is 5.97 Å². The summed E-state index contributed by atoms with van der Waals surface area (Å²) in [6.45, 7) is 3.46. The highest BCUT2D eigenvalue weighted by Crippen LogP contribution is 2.26. The number of carbonyl (C=O) groups excluding carboxylic acids is 1. The number of hydrogen-bond donors (Lipinski definition) is 7. The molecule has 0 radical (unpaired) electrons. The zero-order chi connectivity index (χ0) is 48.0. The standard InChI is InChI=1S/C52H88O14/c1-3-5-7-9-11-13-14-15-16-17-18-19-20-21-22-23-24-25-26-27-28-30-32-34-36-61-38-41(64-44(54)35-33-31-29-12-10-8-6-4-2)39-62-51-50(60)48(58)46(56)43(66-51)40-63-52-49(59)47(57)45(55)42(37-53)65-52/h5,7,11,13,15-16,18-19,21-22,24-25,41-43,45-53,55-60H,3-4,6,8-10,12,14,17,20,23,26-40H2,1-2H3/b7-5-,13-11-,16-15-,19-18-,22-21-,25-24-. The zero-order valence-electron chi connectivity index (χ0n) is 40.2. The van der Waals surface area contributed by atoms with Gasteiger partial charge in [0.25, 0.3) is 0 Å². The van der Waals surface area contributed by atoms with Gasteiger partial charge in [-0.3, -0.25) is 4.79 Å². The van der Waals surface area contributed by atoms with E-state index < -0.39 is 86.7 Å². The summed E-state index contributed by atoms with van der Waals surface area (Å²) < 4.78 is 34.1. The van der Waals surface area contributed by atoms with Crippen LogP contribution in [0.3, 0.4) is 0 Å². The Bertz CT molecular complexity index is 1360. The maximum Gasteiger partial charge on any atom is 0.306 e. The van der Waals surface area contributed by atoms with Gasteiger partial charge in [-0.05, 0) is 64.2 Å². The molecule has 0 bridgehead atoms. The first-order valence-corrected chi connectivity index (χ1v) is 25.0. The molecule has 14 heteroatoms. The molecule has 7 N–H and O–H groups in total. The first kappa shape index (κ1) is 59.6. The molecular formula is C52H88O14. The average Bonchev–Trinajstić information content (AvgIpc) is 3.31. The number of unbranched alkanes of at least 4 members (excludes halogenated alkanes) is 12. The minimum absolute atomic E-state index is 0.0451. The molecule has 2 aliphatic rings. The molecule has 2 rings (SSSR count). The Kier molecular flexibility index (Phi) is 35.5. The molecule has 66 heavy (non-hydrogen) atoms. The van der Waals surface area contributed by atoms with Crippen LogP contribution in [0, 0.1) is 0 Å². The van der Waals surface area contributed by atoms with Crippen molar-refractivity contribution in [3.63, 3.8) is 0 Å². The summed E-state index contributed by atoms with van der Waals surface area (Å²) in [6, 6.07) is 0. The summed E-state index contributed by atoms with van der Waals surface area (Å²) in [5.41, 5.74) is 0. The fourth-order valence-electron chi connectivity index (χ4n) is 7.40. The van der Waals surface area contributed by atoms with Crippen LogP contribution in [0.4, 0.5) is 0 Å². The minimum atomic E-state index is -1.71. The number of esters is 1. The van der Waals surface area contributed by atoms with Crippen molar-refractivity contribution in [2.24, 2.45) is 0 Å². The molecule has 0 aromatic carbocycles. The number of ether oxygens (including phenoxy) is 6. The van der Waals surface area contributed by atoms with Gasteiger partial charge in [-0.15, -0.1) is 0 Å². The molecule has 0 spiro atoms. The van der Waals surface area contributed by atoms with Crippen molar-refractivity contribution in [1.82, 2.24) is 0 Å². The van der Waals surface area contributed by atoms with E-state index in [4.69, 9.17) is 28.4 Å². The van der Waals surface area contributed by atoms with E-state index in [1.807, 2.05) is 0 Å². The van der Waals surface area contributed by atoms with Crippen LogP contribution in [0.15, 0.2) is 72.9 Å². The number of aliphatic hydroxyl groups excluding tert-OH is 7. The number of allylic oxidation sites excluding steroid dienone is 12. The molecule has 11 unspecified atom stereocenters. The lowest BCUT2D eigenvalue weighted by Crippen LogP contribution is -2.61. The summed E-state index contributed by atoms with van der Waals surface area (Å²) >= 11 is 0. The van der Waals surface area contributed by atoms with E-state index in [9.17, 15) is 40.5 Å². The Balaban J connectivity index is 1.72. The van der Waals surface area contributed by atoms with Gasteiger partial charge < -0.3 is 64.2 Å². The maximum absolute atomic E-state index is 12.9. The predicted octanol–water partition coefficient (Wildman–Crippen LogP) is 7.12. The summed E-state index contributed by atoms with van der Waals surface area (Å²) in [5.74, 6) is -0.392. The molecule has 2 saturated heterocycles. The van der Waals surface area contributed by atoms with Gasteiger partial charge in [0.2, 0.25) is 0 Å². The SMILES string of the molecule is CC/C=C\C/C=C\C/C=C\C/C=C\C/C=C\C/C=C\CCCCCCCOCC(COC1OC(COC2OC(CO)C(O)C(O)C2O)C(O)C(O)C1O)OC(=O)CCCCCCCCCC. The quantitative estimate of drug-likeness (QED) is 0.0187. The number of hydrogen-bond acceptors (Lipinski definition) is 14. The van der Waals surface area contributed by atoms with Gasteiger partial charge in [-0.2, -0.15) is 0 Å². The van der Waals surface area contributed by atoms with E-state index in [0.717, 1.165) is 96.3 Å². The fourth-order valence-corrected chi connectivity index (χ4v) is 7.40. The molecular weight excluding hydrogens is 849 g/mol. The second-order valence-corrected chi connectivity index (χ2v) is 17.3. The molecule has 2 aliphatic heterocycles. The molecule has 14 nitrogen and oxygen atoms in total. The van der Waals surface area contributed by atoms with E-state index in [1.165, 1.54) is 25.7 Å². The Hall–Kier alpha value is -2.57. The van der Waals surface area contributed by atoms with Crippen molar-refractivity contribution in [2.45, 2.75) is 216 Å². The highest BCUT2D eigenvalue weighted by atomic mass is 16.7. The van der Waals surface area contributed by atoms with Crippen LogP contribution in [-0.2, 0) is 33.2 Å². The zero-order valence-corrected chi connectivity index (χ0v) is 40.2. The van der Waals surface area contributed by atoms with Gasteiger partial charge in [0.1, 0.15) is 54.9 Å². The van der Waals surface area contributed by atoms with Crippen molar-refractivity contribution in [2.75, 3.05) is 33.0 Å². The topological polar surface area (TPSA) is 214 Å². The van der Waals surface area contributed by atoms with Crippen LogP contribution in [-0.4, -0.2) is 142 Å². The van der Waals surface area contributed by atoms with Crippen molar-refractivity contribution in [1.29, 1.82) is 0 Å². The van der Waals surface area contributed by atoms with Gasteiger partial charge in [0.05, 0.1) is 26.4 Å². The molecule has 2 fully saturated rings. The Labute approximate surface area is 396 Å². The normalized spacial score (nSPS) is 26.9. The third kappa shape index (κ3) is 26.8. The Morgan fingerprint density at radius 3 is 1.55 bits per heavy atom. The predicted molar refractivity (Wildman–Crippen MR) is 256 cm³/mol. The van der Waals surface area contributed by atoms with Crippen molar-refractivity contribution < 1.29 is 69.0 Å². The summed E-state index contributed by atoms with van der Waals surface area (Å²) in [5, 5.41) is 71.9. The van der Waals surface area contributed by atoms with Crippen LogP contribution in [0.5, 0.6) is 0 Å². The molecule has 0 saturated carbocycles. The molecule has 2 heterocycles. The van der Waals surface area contributed by atoms with Gasteiger partial charge in [0, 0.05) is 13.0 Å². The van der Waals surface area contributed by atoms with E-state index in [0.29, 0.717) is 13.0 Å². The fraction of sp³-hybridized carbons (Fsp3) is 0.750. The third-order valence-electron chi connectivity index (χ3n) is 11.5. The number of rotatable bonds is 38. The van der Waals surface area contributed by atoms with Crippen LogP contribution >= 0.6 is 0 Å². The highest BCUT2D eigenvalue weighted by Gasteiger charge is 2.47. The Morgan fingerprint density at radius 1 is 0.515 bits per heavy atom. The lowest BCUT2D eigenvalue weighted by atomic mass is 9.98. The largest absolute Gasteiger partial charge is 0.457 e. The summed E-state index contributed by atoms with van der Waals surface area (Å²) in [6.07, 6.45) is 31.3. The minimum Gasteiger partial charge on any atom is -0.457 e. The average molecular weight is 937 g/mol. The van der Waals surface area contributed by atoms with Crippen molar-refractivity contribution in [3.8, 4) is 0 Å². The summed E-state index contributed by atoms with van der Waals surface area (Å²) in [7, 11) is 0. The molecule has 0 aromatic heterocycles. The molecule has 380 valence electrons. The second-order valence-electron chi connectivity index (χ2n) is 17.3. The smallest absolute Gasteiger partial charge is 0.306 e. The summed E-state index contributed by atoms with van der Waals surface area (Å²) in [4.78, 5) is 12.9. The lowest BCUT2D eigenvalue weighted by Gasteiger charge is -2.42. The van der Waals surface area contributed by atoms with Gasteiger partial charge >= 0.3 is 5.97 Å². The van der Waals surface area contributed by atoms with E-state index in [1.54, 1.807) is 0 Å². The molecule has 0 amide bonds. The molecule has 0 aliphatic carbocycles. The molecule has 11 atom stereocenters. The van der Waals surface area contributed by atoms with Crippen molar-refractivity contribution in [3.05, 3.63) is 72.9 Å². The van der Waals surface area contributed by atoms with Gasteiger partial charge in [-0.1, -0.05) is 151 Å². The number of carbonyl (C=O) groups is 1.